The third-order valence-corrected chi connectivity index (χ3v) is 4.20. The average molecular weight is 322 g/mol. The topological polar surface area (TPSA) is 51.2 Å². The highest BCUT2D eigenvalue weighted by atomic mass is 32.2. The Morgan fingerprint density at radius 2 is 2.15 bits per heavy atom. The number of thioether (sulfide) groups is 1. The van der Waals surface area contributed by atoms with Gasteiger partial charge < -0.3 is 0 Å². The zero-order valence-corrected chi connectivity index (χ0v) is 11.6. The third-order valence-electron chi connectivity index (χ3n) is 2.02. The lowest BCUT2D eigenvalue weighted by molar-refractivity contribution is -0.191. The van der Waals surface area contributed by atoms with E-state index in [4.69, 9.17) is 0 Å². The molecule has 1 amide bonds. The average Bonchev–Trinajstić information content (AvgIpc) is 2.77. The first kappa shape index (κ1) is 15.1. The largest absolute Gasteiger partial charge is 0.414 e. The number of hydroxylamine groups is 1. The Labute approximate surface area is 120 Å². The summed E-state index contributed by atoms with van der Waals surface area (Å²) in [7, 11) is 0. The Kier molecular flexibility index (Phi) is 4.84. The Balaban J connectivity index is 1.78. The second kappa shape index (κ2) is 6.42. The minimum absolute atomic E-state index is 0.0579. The van der Waals surface area contributed by atoms with Crippen LogP contribution in [-0.4, -0.2) is 29.4 Å². The van der Waals surface area contributed by atoms with E-state index in [1.54, 1.807) is 5.48 Å². The summed E-state index contributed by atoms with van der Waals surface area (Å²) in [5.41, 5.74) is 2.57. The first-order valence-electron chi connectivity index (χ1n) is 5.40. The van der Waals surface area contributed by atoms with Gasteiger partial charge in [0.2, 0.25) is 0 Å². The zero-order chi connectivity index (χ0) is 14.6. The number of amides is 1. The molecule has 1 heterocycles. The molecule has 108 valence electrons. The molecule has 20 heavy (non-hydrogen) atoms. The molecule has 0 radical (unpaired) electrons. The van der Waals surface area contributed by atoms with Crippen LogP contribution >= 0.6 is 23.1 Å². The van der Waals surface area contributed by atoms with Crippen LogP contribution in [0.2, 0.25) is 0 Å². The van der Waals surface area contributed by atoms with Gasteiger partial charge in [-0.2, -0.15) is 13.2 Å². The molecule has 1 aromatic heterocycles. The molecule has 1 aromatic carbocycles. The fourth-order valence-electron chi connectivity index (χ4n) is 1.27. The minimum Gasteiger partial charge on any atom is -0.272 e. The SMILES string of the molecule is O=C(CSc1nc2ccccc2s1)NOCC(F)(F)F. The molecule has 2 rings (SSSR count). The minimum atomic E-state index is -4.46. The van der Waals surface area contributed by atoms with Crippen molar-refractivity contribution in [1.29, 1.82) is 0 Å². The Morgan fingerprint density at radius 1 is 1.40 bits per heavy atom. The highest BCUT2D eigenvalue weighted by Crippen LogP contribution is 2.28. The summed E-state index contributed by atoms with van der Waals surface area (Å²) in [6.07, 6.45) is -4.46. The van der Waals surface area contributed by atoms with Crippen LogP contribution < -0.4 is 5.48 Å². The van der Waals surface area contributed by atoms with Crippen LogP contribution in [0.25, 0.3) is 10.2 Å². The number of fused-ring (bicyclic) bond motifs is 1. The van der Waals surface area contributed by atoms with E-state index in [0.717, 1.165) is 22.0 Å². The van der Waals surface area contributed by atoms with Crippen molar-refractivity contribution in [3.05, 3.63) is 24.3 Å². The van der Waals surface area contributed by atoms with Gasteiger partial charge in [-0.3, -0.25) is 9.63 Å². The van der Waals surface area contributed by atoms with Gasteiger partial charge in [-0.15, -0.1) is 11.3 Å². The molecule has 1 N–H and O–H groups in total. The van der Waals surface area contributed by atoms with Crippen LogP contribution in [0.15, 0.2) is 28.6 Å². The van der Waals surface area contributed by atoms with E-state index in [0.29, 0.717) is 4.34 Å². The van der Waals surface area contributed by atoms with Gasteiger partial charge in [0.15, 0.2) is 10.9 Å². The third kappa shape index (κ3) is 4.66. The maximum atomic E-state index is 11.8. The van der Waals surface area contributed by atoms with Gasteiger partial charge in [-0.25, -0.2) is 10.5 Å². The molecule has 0 fully saturated rings. The lowest BCUT2D eigenvalue weighted by Gasteiger charge is -2.07. The summed E-state index contributed by atoms with van der Waals surface area (Å²) in [5.74, 6) is -0.698. The molecule has 0 atom stereocenters. The number of alkyl halides is 3. The Morgan fingerprint density at radius 3 is 2.85 bits per heavy atom. The molecule has 2 aromatic rings. The molecule has 0 aliphatic heterocycles. The summed E-state index contributed by atoms with van der Waals surface area (Å²) in [5, 5.41) is 0. The molecule has 0 saturated carbocycles. The Bertz CT molecular complexity index is 568. The quantitative estimate of drug-likeness (QED) is 0.679. The van der Waals surface area contributed by atoms with Crippen molar-refractivity contribution < 1.29 is 22.8 Å². The van der Waals surface area contributed by atoms with E-state index in [2.05, 4.69) is 9.82 Å². The van der Waals surface area contributed by atoms with Crippen LogP contribution in [0.4, 0.5) is 13.2 Å². The maximum Gasteiger partial charge on any atom is 0.414 e. The van der Waals surface area contributed by atoms with Crippen molar-refractivity contribution in [2.24, 2.45) is 0 Å². The number of thiazole rings is 1. The first-order chi connectivity index (χ1) is 9.44. The van der Waals surface area contributed by atoms with Crippen molar-refractivity contribution >= 4 is 39.2 Å². The predicted molar refractivity (Wildman–Crippen MR) is 70.5 cm³/mol. The molecular weight excluding hydrogens is 313 g/mol. The summed E-state index contributed by atoms with van der Waals surface area (Å²) < 4.78 is 37.0. The van der Waals surface area contributed by atoms with Crippen molar-refractivity contribution in [1.82, 2.24) is 10.5 Å². The van der Waals surface area contributed by atoms with Gasteiger partial charge >= 0.3 is 6.18 Å². The first-order valence-corrected chi connectivity index (χ1v) is 7.20. The highest BCUT2D eigenvalue weighted by Gasteiger charge is 2.28. The molecule has 0 spiro atoms. The number of nitrogens with one attached hydrogen (secondary N) is 1. The van der Waals surface area contributed by atoms with E-state index >= 15 is 0 Å². The second-order valence-corrected chi connectivity index (χ2v) is 5.92. The van der Waals surface area contributed by atoms with Crippen LogP contribution in [0.1, 0.15) is 0 Å². The maximum absolute atomic E-state index is 11.8. The molecule has 0 aliphatic carbocycles. The second-order valence-electron chi connectivity index (χ2n) is 3.67. The Hall–Kier alpha value is -1.32. The molecular formula is C11H9F3N2O2S2. The van der Waals surface area contributed by atoms with E-state index in [9.17, 15) is 18.0 Å². The number of carbonyl (C=O) groups is 1. The molecule has 0 bridgehead atoms. The van der Waals surface area contributed by atoms with Gasteiger partial charge in [0.05, 0.1) is 16.0 Å². The van der Waals surface area contributed by atoms with Gasteiger partial charge in [-0.1, -0.05) is 23.9 Å². The van der Waals surface area contributed by atoms with Gasteiger partial charge in [-0.05, 0) is 12.1 Å². The lowest BCUT2D eigenvalue weighted by atomic mass is 10.3. The van der Waals surface area contributed by atoms with Gasteiger partial charge in [0, 0.05) is 0 Å². The van der Waals surface area contributed by atoms with Crippen LogP contribution in [0.5, 0.6) is 0 Å². The van der Waals surface area contributed by atoms with Gasteiger partial charge in [0.1, 0.15) is 0 Å². The molecule has 4 nitrogen and oxygen atoms in total. The molecule has 9 heteroatoms. The number of rotatable bonds is 5. The standard InChI is InChI=1S/C11H9F3N2O2S2/c12-11(13,14)6-18-16-9(17)5-19-10-15-7-3-1-2-4-8(7)20-10/h1-4H,5-6H2,(H,16,17). The molecule has 0 saturated heterocycles. The number of benzene rings is 1. The lowest BCUT2D eigenvalue weighted by Crippen LogP contribution is -2.30. The van der Waals surface area contributed by atoms with Gasteiger partial charge in [0.25, 0.3) is 5.91 Å². The molecule has 0 aliphatic rings. The fourth-order valence-corrected chi connectivity index (χ4v) is 3.12. The predicted octanol–water partition coefficient (Wildman–Crippen LogP) is 3.00. The number of para-hydroxylation sites is 1. The monoisotopic (exact) mass is 322 g/mol. The van der Waals surface area contributed by atoms with Crippen molar-refractivity contribution in [3.8, 4) is 0 Å². The smallest absolute Gasteiger partial charge is 0.272 e. The summed E-state index contributed by atoms with van der Waals surface area (Å²) in [6.45, 7) is -1.51. The van der Waals surface area contributed by atoms with E-state index in [1.165, 1.54) is 11.3 Å². The van der Waals surface area contributed by atoms with Crippen molar-refractivity contribution in [2.75, 3.05) is 12.4 Å². The number of aromatic nitrogens is 1. The van der Waals surface area contributed by atoms with Crippen LogP contribution in [0.3, 0.4) is 0 Å². The number of carbonyl (C=O) groups excluding carboxylic acids is 1. The summed E-state index contributed by atoms with van der Waals surface area (Å²) >= 11 is 2.56. The van der Waals surface area contributed by atoms with Crippen molar-refractivity contribution in [2.45, 2.75) is 10.5 Å². The zero-order valence-electron chi connectivity index (χ0n) is 9.94. The normalized spacial score (nSPS) is 11.8. The molecule has 0 unspecified atom stereocenters. The highest BCUT2D eigenvalue weighted by molar-refractivity contribution is 8.01. The van der Waals surface area contributed by atoms with E-state index in [1.807, 2.05) is 24.3 Å². The van der Waals surface area contributed by atoms with Crippen molar-refractivity contribution in [3.63, 3.8) is 0 Å². The summed E-state index contributed by atoms with van der Waals surface area (Å²) in [6, 6.07) is 7.49. The number of hydrogen-bond acceptors (Lipinski definition) is 5. The summed E-state index contributed by atoms with van der Waals surface area (Å²) in [4.78, 5) is 19.6. The van der Waals surface area contributed by atoms with Crippen LogP contribution in [0, 0.1) is 0 Å². The van der Waals surface area contributed by atoms with E-state index < -0.39 is 18.7 Å². The fraction of sp³-hybridized carbons (Fsp3) is 0.273. The number of hydrogen-bond donors (Lipinski definition) is 1. The number of halogens is 3. The number of nitrogens with zero attached hydrogens (tertiary/aromatic N) is 1. The van der Waals surface area contributed by atoms with E-state index in [-0.39, 0.29) is 5.75 Å². The van der Waals surface area contributed by atoms with Crippen LogP contribution in [-0.2, 0) is 9.63 Å².